The summed E-state index contributed by atoms with van der Waals surface area (Å²) in [5.74, 6) is 0.182. The van der Waals surface area contributed by atoms with Gasteiger partial charge in [-0.3, -0.25) is 9.36 Å². The predicted octanol–water partition coefficient (Wildman–Crippen LogP) is 5.99. The average Bonchev–Trinajstić information content (AvgIpc) is 3.71. The summed E-state index contributed by atoms with van der Waals surface area (Å²) < 4.78 is 20.7. The van der Waals surface area contributed by atoms with Crippen molar-refractivity contribution in [1.82, 2.24) is 14.1 Å². The van der Waals surface area contributed by atoms with Gasteiger partial charge in [-0.05, 0) is 68.4 Å². The third-order valence-electron chi connectivity index (χ3n) is 10.8. The number of aliphatic carboxylic acids is 1. The lowest BCUT2D eigenvalue weighted by molar-refractivity contribution is -0.146. The number of methoxy groups -OCH3 is 1. The highest BCUT2D eigenvalue weighted by Crippen LogP contribution is 2.66. The second kappa shape index (κ2) is 10.4. The van der Waals surface area contributed by atoms with Crippen molar-refractivity contribution in [3.05, 3.63) is 68.7 Å². The summed E-state index contributed by atoms with van der Waals surface area (Å²) in [7, 11) is 1.60. The molecule has 6 rings (SSSR count). The van der Waals surface area contributed by atoms with Crippen LogP contribution >= 0.6 is 11.3 Å². The van der Waals surface area contributed by atoms with Crippen molar-refractivity contribution >= 4 is 27.5 Å². The molecule has 234 valence electrons. The van der Waals surface area contributed by atoms with Crippen LogP contribution in [0.4, 0.5) is 0 Å². The van der Waals surface area contributed by atoms with Crippen LogP contribution in [0.3, 0.4) is 0 Å². The molecule has 10 nitrogen and oxygen atoms in total. The van der Waals surface area contributed by atoms with Gasteiger partial charge in [-0.2, -0.15) is 0 Å². The summed E-state index contributed by atoms with van der Waals surface area (Å²) in [5, 5.41) is 10.4. The van der Waals surface area contributed by atoms with Crippen LogP contribution in [0.15, 0.2) is 50.7 Å². The summed E-state index contributed by atoms with van der Waals surface area (Å²) in [5.41, 5.74) is -1.82. The maximum Gasteiger partial charge on any atom is 0.333 e. The van der Waals surface area contributed by atoms with Crippen LogP contribution < -0.4 is 16.0 Å². The zero-order valence-electron chi connectivity index (χ0n) is 26.2. The minimum atomic E-state index is -1.82. The number of hydrogen-bond acceptors (Lipinski definition) is 8. The molecule has 4 aromatic rings. The third-order valence-corrected chi connectivity index (χ3v) is 12.1. The standard InChI is InChI=1S/C33H39N3O7S/c1-18-24-27(37)36(32(4,5)29(38)39)30(40)35(28(24)44-25(18)26-34-14-15-42-26)17-22(20-10-8-9-11-21(20)41-7)43-23-16-19-12-13-33(23,6)31(19,2)3/h8-11,14-15,19,22-23H,12-13,16-17H2,1-7H3,(H,38,39)/t19-,22?,23-,33+/m0/s1. The Kier molecular flexibility index (Phi) is 7.20. The molecule has 1 unspecified atom stereocenters. The summed E-state index contributed by atoms with van der Waals surface area (Å²) >= 11 is 1.22. The minimum Gasteiger partial charge on any atom is -0.496 e. The van der Waals surface area contributed by atoms with E-state index in [0.29, 0.717) is 32.8 Å². The molecule has 0 saturated heterocycles. The highest BCUT2D eigenvalue weighted by molar-refractivity contribution is 7.22. The zero-order chi connectivity index (χ0) is 31.8. The molecule has 1 N–H and O–H groups in total. The van der Waals surface area contributed by atoms with Crippen molar-refractivity contribution in [2.45, 2.75) is 85.1 Å². The van der Waals surface area contributed by atoms with Crippen LogP contribution in [-0.4, -0.2) is 38.4 Å². The van der Waals surface area contributed by atoms with Crippen LogP contribution in [0.1, 0.15) is 71.1 Å². The van der Waals surface area contributed by atoms with Crippen LogP contribution in [0.25, 0.3) is 21.0 Å². The molecule has 2 aliphatic carbocycles. The first-order chi connectivity index (χ1) is 20.7. The van der Waals surface area contributed by atoms with Gasteiger partial charge in [-0.25, -0.2) is 19.1 Å². The number of ether oxygens (including phenoxy) is 2. The number of thiophene rings is 1. The van der Waals surface area contributed by atoms with E-state index in [4.69, 9.17) is 13.9 Å². The Hall–Kier alpha value is -3.70. The second-order valence-electron chi connectivity index (χ2n) is 13.4. The molecule has 11 heteroatoms. The molecule has 2 fully saturated rings. The Balaban J connectivity index is 1.58. The quantitative estimate of drug-likeness (QED) is 0.242. The van der Waals surface area contributed by atoms with Gasteiger partial charge in [0.25, 0.3) is 5.56 Å². The maximum atomic E-state index is 14.4. The first-order valence-electron chi connectivity index (χ1n) is 14.9. The Labute approximate surface area is 259 Å². The summed E-state index contributed by atoms with van der Waals surface area (Å²) in [6.07, 6.45) is 5.40. The molecular weight excluding hydrogens is 582 g/mol. The number of fused-ring (bicyclic) bond motifs is 3. The van der Waals surface area contributed by atoms with E-state index in [9.17, 15) is 19.5 Å². The number of aryl methyl sites for hydroxylation is 1. The fourth-order valence-corrected chi connectivity index (χ4v) is 8.72. The number of para-hydroxylation sites is 1. The number of benzene rings is 1. The third kappa shape index (κ3) is 4.30. The average molecular weight is 622 g/mol. The van der Waals surface area contributed by atoms with Crippen LogP contribution in [0.5, 0.6) is 5.75 Å². The molecule has 3 aromatic heterocycles. The SMILES string of the molecule is COc1ccccc1C(Cn1c(=O)n(C(C)(C)C(=O)O)c(=O)c2c(C)c(-c3ncco3)sc21)O[C@H]1C[C@@H]2CC[C@@]1(C)C2(C)C. The number of rotatable bonds is 9. The number of carboxylic acids is 1. The smallest absolute Gasteiger partial charge is 0.333 e. The molecule has 0 amide bonds. The topological polar surface area (TPSA) is 126 Å². The number of oxazole rings is 1. The first kappa shape index (κ1) is 30.3. The van der Waals surface area contributed by atoms with Gasteiger partial charge in [0.15, 0.2) is 0 Å². The number of carboxylic acid groups (broad SMARTS) is 1. The van der Waals surface area contributed by atoms with Gasteiger partial charge in [-0.1, -0.05) is 39.0 Å². The lowest BCUT2D eigenvalue weighted by Gasteiger charge is -2.40. The molecule has 0 aliphatic heterocycles. The van der Waals surface area contributed by atoms with Crippen molar-refractivity contribution in [3.63, 3.8) is 0 Å². The zero-order valence-corrected chi connectivity index (χ0v) is 27.0. The molecule has 2 saturated carbocycles. The van der Waals surface area contributed by atoms with E-state index >= 15 is 0 Å². The fourth-order valence-electron chi connectivity index (χ4n) is 7.48. The molecule has 44 heavy (non-hydrogen) atoms. The molecule has 3 heterocycles. The van der Waals surface area contributed by atoms with Crippen LogP contribution in [0.2, 0.25) is 0 Å². The lowest BCUT2D eigenvalue weighted by atomic mass is 9.70. The summed E-state index contributed by atoms with van der Waals surface area (Å²) in [6, 6.07) is 7.58. The Morgan fingerprint density at radius 3 is 2.57 bits per heavy atom. The molecule has 0 spiro atoms. The van der Waals surface area contributed by atoms with Crippen molar-refractivity contribution in [2.24, 2.45) is 16.7 Å². The van der Waals surface area contributed by atoms with E-state index in [2.05, 4.69) is 25.8 Å². The summed E-state index contributed by atoms with van der Waals surface area (Å²) in [4.78, 5) is 46.0. The van der Waals surface area contributed by atoms with E-state index in [1.807, 2.05) is 24.3 Å². The lowest BCUT2D eigenvalue weighted by Crippen LogP contribution is -2.52. The van der Waals surface area contributed by atoms with Gasteiger partial charge >= 0.3 is 11.7 Å². The van der Waals surface area contributed by atoms with E-state index in [0.717, 1.165) is 29.4 Å². The highest BCUT2D eigenvalue weighted by atomic mass is 32.1. The highest BCUT2D eigenvalue weighted by Gasteiger charge is 2.62. The largest absolute Gasteiger partial charge is 0.496 e. The molecule has 4 atom stereocenters. The number of aromatic nitrogens is 3. The molecule has 1 aromatic carbocycles. The minimum absolute atomic E-state index is 0.0360. The monoisotopic (exact) mass is 621 g/mol. The number of hydrogen-bond donors (Lipinski definition) is 1. The van der Waals surface area contributed by atoms with Gasteiger partial charge in [0.1, 0.15) is 28.5 Å². The molecule has 0 radical (unpaired) electrons. The number of nitrogens with zero attached hydrogens (tertiary/aromatic N) is 3. The second-order valence-corrected chi connectivity index (χ2v) is 14.4. The summed E-state index contributed by atoms with van der Waals surface area (Å²) in [6.45, 7) is 11.5. The van der Waals surface area contributed by atoms with Crippen molar-refractivity contribution in [3.8, 4) is 16.5 Å². The van der Waals surface area contributed by atoms with Crippen molar-refractivity contribution in [1.29, 1.82) is 0 Å². The van der Waals surface area contributed by atoms with Gasteiger partial charge in [0.05, 0.1) is 36.2 Å². The Morgan fingerprint density at radius 2 is 1.98 bits per heavy atom. The fraction of sp³-hybridized carbons (Fsp3) is 0.515. The van der Waals surface area contributed by atoms with E-state index in [-0.39, 0.29) is 28.9 Å². The number of carbonyl (C=O) groups is 1. The molecule has 2 aliphatic rings. The van der Waals surface area contributed by atoms with Gasteiger partial charge in [0, 0.05) is 5.56 Å². The maximum absolute atomic E-state index is 14.4. The van der Waals surface area contributed by atoms with Crippen LogP contribution in [0, 0.1) is 23.7 Å². The van der Waals surface area contributed by atoms with Gasteiger partial charge in [0.2, 0.25) is 5.89 Å². The predicted molar refractivity (Wildman–Crippen MR) is 167 cm³/mol. The van der Waals surface area contributed by atoms with Crippen LogP contribution in [-0.2, 0) is 21.6 Å². The van der Waals surface area contributed by atoms with E-state index in [1.165, 1.54) is 42.2 Å². The molecular formula is C33H39N3O7S. The van der Waals surface area contributed by atoms with Crippen molar-refractivity contribution in [2.75, 3.05) is 7.11 Å². The normalized spacial score (nSPS) is 23.3. The van der Waals surface area contributed by atoms with Crippen molar-refractivity contribution < 1.29 is 23.8 Å². The molecule has 2 bridgehead atoms. The van der Waals surface area contributed by atoms with E-state index < -0.39 is 28.9 Å². The first-order valence-corrected chi connectivity index (χ1v) is 15.8. The van der Waals surface area contributed by atoms with Gasteiger partial charge in [-0.15, -0.1) is 11.3 Å². The Bertz CT molecular complexity index is 1870. The van der Waals surface area contributed by atoms with Gasteiger partial charge < -0.3 is 19.0 Å². The Morgan fingerprint density at radius 1 is 1.25 bits per heavy atom. The van der Waals surface area contributed by atoms with E-state index in [1.54, 1.807) is 14.0 Å².